The van der Waals surface area contributed by atoms with Crippen molar-refractivity contribution in [3.8, 4) is 0 Å². The van der Waals surface area contributed by atoms with Crippen LogP contribution in [0, 0.1) is 5.92 Å². The SMILES string of the molecule is CC(C)CN(C(C)C)S(=O)(=O)c1cccc(CO)c1. The minimum atomic E-state index is -3.51. The molecular formula is C14H23NO3S. The molecule has 5 heteroatoms. The lowest BCUT2D eigenvalue weighted by Crippen LogP contribution is -2.39. The molecule has 0 fully saturated rings. The number of rotatable bonds is 6. The Morgan fingerprint density at radius 1 is 1.21 bits per heavy atom. The molecule has 0 spiro atoms. The second-order valence-corrected chi connectivity index (χ2v) is 7.26. The van der Waals surface area contributed by atoms with Crippen molar-refractivity contribution in [3.63, 3.8) is 0 Å². The van der Waals surface area contributed by atoms with Crippen LogP contribution in [0.4, 0.5) is 0 Å². The van der Waals surface area contributed by atoms with Gasteiger partial charge in [0.25, 0.3) is 0 Å². The van der Waals surface area contributed by atoms with Crippen molar-refractivity contribution in [2.75, 3.05) is 6.54 Å². The van der Waals surface area contributed by atoms with Gasteiger partial charge in [0.1, 0.15) is 0 Å². The van der Waals surface area contributed by atoms with Crippen LogP contribution in [0.2, 0.25) is 0 Å². The largest absolute Gasteiger partial charge is 0.392 e. The molecule has 0 aliphatic heterocycles. The topological polar surface area (TPSA) is 57.6 Å². The van der Waals surface area contributed by atoms with E-state index in [1.54, 1.807) is 18.2 Å². The molecule has 0 aliphatic rings. The number of nitrogens with zero attached hydrogens (tertiary/aromatic N) is 1. The van der Waals surface area contributed by atoms with Crippen molar-refractivity contribution < 1.29 is 13.5 Å². The Labute approximate surface area is 116 Å². The summed E-state index contributed by atoms with van der Waals surface area (Å²) in [6, 6.07) is 6.38. The number of aliphatic hydroxyl groups is 1. The highest BCUT2D eigenvalue weighted by atomic mass is 32.2. The highest BCUT2D eigenvalue weighted by Crippen LogP contribution is 2.20. The van der Waals surface area contributed by atoms with Gasteiger partial charge in [-0.2, -0.15) is 4.31 Å². The van der Waals surface area contributed by atoms with Crippen LogP contribution in [0.5, 0.6) is 0 Å². The van der Waals surface area contributed by atoms with Gasteiger partial charge in [-0.05, 0) is 37.5 Å². The van der Waals surface area contributed by atoms with Crippen molar-refractivity contribution in [2.45, 2.75) is 45.2 Å². The Balaban J connectivity index is 3.18. The van der Waals surface area contributed by atoms with Crippen LogP contribution < -0.4 is 0 Å². The first-order valence-corrected chi connectivity index (χ1v) is 7.94. The molecule has 0 bridgehead atoms. The molecular weight excluding hydrogens is 262 g/mol. The lowest BCUT2D eigenvalue weighted by molar-refractivity contribution is 0.281. The Morgan fingerprint density at radius 2 is 1.84 bits per heavy atom. The van der Waals surface area contributed by atoms with E-state index in [1.165, 1.54) is 10.4 Å². The quantitative estimate of drug-likeness (QED) is 0.872. The van der Waals surface area contributed by atoms with E-state index in [0.717, 1.165) is 0 Å². The summed E-state index contributed by atoms with van der Waals surface area (Å²) in [4.78, 5) is 0.244. The molecule has 0 amide bonds. The number of hydrogen-bond acceptors (Lipinski definition) is 3. The first-order chi connectivity index (χ1) is 8.78. The molecule has 0 aliphatic carbocycles. The van der Waals surface area contributed by atoms with Gasteiger partial charge in [0.15, 0.2) is 0 Å². The molecule has 0 heterocycles. The van der Waals surface area contributed by atoms with Gasteiger partial charge in [-0.1, -0.05) is 26.0 Å². The molecule has 0 unspecified atom stereocenters. The van der Waals surface area contributed by atoms with Crippen LogP contribution in [0.15, 0.2) is 29.2 Å². The molecule has 0 saturated heterocycles. The second-order valence-electron chi connectivity index (χ2n) is 5.37. The van der Waals surface area contributed by atoms with Gasteiger partial charge in [-0.15, -0.1) is 0 Å². The summed E-state index contributed by atoms with van der Waals surface area (Å²) in [5.74, 6) is 0.262. The third-order valence-electron chi connectivity index (χ3n) is 2.81. The van der Waals surface area contributed by atoms with E-state index in [9.17, 15) is 8.42 Å². The van der Waals surface area contributed by atoms with Crippen LogP contribution in [-0.2, 0) is 16.6 Å². The van der Waals surface area contributed by atoms with Crippen LogP contribution in [0.1, 0.15) is 33.3 Å². The Hall–Kier alpha value is -0.910. The second kappa shape index (κ2) is 6.50. The molecule has 108 valence electrons. The Bertz CT molecular complexity index is 509. The molecule has 1 aromatic rings. The molecule has 4 nitrogen and oxygen atoms in total. The van der Waals surface area contributed by atoms with Gasteiger partial charge in [-0.25, -0.2) is 8.42 Å². The number of sulfonamides is 1. The zero-order valence-corrected chi connectivity index (χ0v) is 12.8. The smallest absolute Gasteiger partial charge is 0.243 e. The summed E-state index contributed by atoms with van der Waals surface area (Å²) in [6.45, 7) is 8.06. The molecule has 1 N–H and O–H groups in total. The van der Waals surface area contributed by atoms with Gasteiger partial charge in [0, 0.05) is 12.6 Å². The van der Waals surface area contributed by atoms with E-state index < -0.39 is 10.0 Å². The summed E-state index contributed by atoms with van der Waals surface area (Å²) < 4.78 is 26.8. The minimum Gasteiger partial charge on any atom is -0.392 e. The van der Waals surface area contributed by atoms with E-state index in [1.807, 2.05) is 27.7 Å². The molecule has 0 radical (unpaired) electrons. The molecule has 0 aromatic heterocycles. The first-order valence-electron chi connectivity index (χ1n) is 6.50. The highest BCUT2D eigenvalue weighted by Gasteiger charge is 2.27. The van der Waals surface area contributed by atoms with E-state index in [4.69, 9.17) is 5.11 Å². The van der Waals surface area contributed by atoms with Crippen LogP contribution >= 0.6 is 0 Å². The third kappa shape index (κ3) is 4.03. The van der Waals surface area contributed by atoms with E-state index in [2.05, 4.69) is 0 Å². The van der Waals surface area contributed by atoms with Gasteiger partial charge < -0.3 is 5.11 Å². The van der Waals surface area contributed by atoms with Crippen LogP contribution in [-0.4, -0.2) is 30.4 Å². The monoisotopic (exact) mass is 285 g/mol. The zero-order valence-electron chi connectivity index (χ0n) is 12.0. The van der Waals surface area contributed by atoms with Gasteiger partial charge >= 0.3 is 0 Å². The Kier molecular flexibility index (Phi) is 5.52. The predicted molar refractivity (Wildman–Crippen MR) is 76.2 cm³/mol. The number of benzene rings is 1. The van der Waals surface area contributed by atoms with Crippen LogP contribution in [0.3, 0.4) is 0 Å². The molecule has 19 heavy (non-hydrogen) atoms. The van der Waals surface area contributed by atoms with Gasteiger partial charge in [0.05, 0.1) is 11.5 Å². The Morgan fingerprint density at radius 3 is 2.32 bits per heavy atom. The minimum absolute atomic E-state index is 0.0924. The fourth-order valence-electron chi connectivity index (χ4n) is 1.89. The molecule has 1 aromatic carbocycles. The molecule has 0 saturated carbocycles. The maximum absolute atomic E-state index is 12.6. The first kappa shape index (κ1) is 16.1. The van der Waals surface area contributed by atoms with E-state index in [-0.39, 0.29) is 23.5 Å². The maximum atomic E-state index is 12.6. The summed E-state index contributed by atoms with van der Waals surface area (Å²) in [6.07, 6.45) is 0. The van der Waals surface area contributed by atoms with Crippen molar-refractivity contribution in [3.05, 3.63) is 29.8 Å². The van der Waals surface area contributed by atoms with Gasteiger partial charge in [0.2, 0.25) is 10.0 Å². The maximum Gasteiger partial charge on any atom is 0.243 e. The van der Waals surface area contributed by atoms with Crippen molar-refractivity contribution >= 4 is 10.0 Å². The van der Waals surface area contributed by atoms with Crippen molar-refractivity contribution in [1.29, 1.82) is 0 Å². The number of aliphatic hydroxyl groups excluding tert-OH is 1. The van der Waals surface area contributed by atoms with Crippen molar-refractivity contribution in [1.82, 2.24) is 4.31 Å². The summed E-state index contributed by atoms with van der Waals surface area (Å²) in [5.41, 5.74) is 0.606. The summed E-state index contributed by atoms with van der Waals surface area (Å²) in [7, 11) is -3.51. The average Bonchev–Trinajstić information content (AvgIpc) is 2.35. The number of hydrogen-bond donors (Lipinski definition) is 1. The van der Waals surface area contributed by atoms with E-state index >= 15 is 0 Å². The normalized spacial score (nSPS) is 12.6. The summed E-state index contributed by atoms with van der Waals surface area (Å²) in [5, 5.41) is 9.11. The lowest BCUT2D eigenvalue weighted by Gasteiger charge is -2.27. The summed E-state index contributed by atoms with van der Waals surface area (Å²) >= 11 is 0. The zero-order chi connectivity index (χ0) is 14.6. The van der Waals surface area contributed by atoms with Gasteiger partial charge in [-0.3, -0.25) is 0 Å². The molecule has 0 atom stereocenters. The third-order valence-corrected chi connectivity index (χ3v) is 4.85. The average molecular weight is 285 g/mol. The fourth-order valence-corrected chi connectivity index (χ4v) is 3.76. The standard InChI is InChI=1S/C14H23NO3S/c1-11(2)9-15(12(3)4)19(17,18)14-7-5-6-13(8-14)10-16/h5-8,11-12,16H,9-10H2,1-4H3. The predicted octanol–water partition coefficient (Wildman–Crippen LogP) is 2.23. The fraction of sp³-hybridized carbons (Fsp3) is 0.571. The molecule has 1 rings (SSSR count). The van der Waals surface area contributed by atoms with Crippen molar-refractivity contribution in [2.24, 2.45) is 5.92 Å². The van der Waals surface area contributed by atoms with E-state index in [0.29, 0.717) is 12.1 Å². The lowest BCUT2D eigenvalue weighted by atomic mass is 10.2. The van der Waals surface area contributed by atoms with Crippen LogP contribution in [0.25, 0.3) is 0 Å². The highest BCUT2D eigenvalue weighted by molar-refractivity contribution is 7.89.